The number of carbonyl (C=O) groups is 2. The van der Waals surface area contributed by atoms with Crippen LogP contribution in [0.25, 0.3) is 0 Å². The van der Waals surface area contributed by atoms with Gasteiger partial charge in [0.15, 0.2) is 5.25 Å². The second-order valence-corrected chi connectivity index (χ2v) is 5.84. The number of hydrogen-bond donors (Lipinski definition) is 1. The van der Waals surface area contributed by atoms with Crippen molar-refractivity contribution >= 4 is 51.6 Å². The molecule has 1 radical (unpaired) electrons. The van der Waals surface area contributed by atoms with Crippen molar-refractivity contribution in [3.63, 3.8) is 0 Å². The number of hydrogen-bond acceptors (Lipinski definition) is 6. The molecule has 21 heavy (non-hydrogen) atoms. The Hall–Kier alpha value is -0.150. The van der Waals surface area contributed by atoms with Crippen molar-refractivity contribution in [1.29, 1.82) is 0 Å². The van der Waals surface area contributed by atoms with Gasteiger partial charge in [0.2, 0.25) is 0 Å². The molecule has 0 aromatic heterocycles. The van der Waals surface area contributed by atoms with E-state index in [2.05, 4.69) is 4.74 Å². The molecule has 7 nitrogen and oxygen atoms in total. The summed E-state index contributed by atoms with van der Waals surface area (Å²) in [6.45, 7) is 3.66. The zero-order valence-corrected chi connectivity index (χ0v) is 15.6. The number of ether oxygens (including phenoxy) is 2. The van der Waals surface area contributed by atoms with Gasteiger partial charge in [0.25, 0.3) is 10.1 Å². The normalized spacial score (nSPS) is 12.1. The van der Waals surface area contributed by atoms with Crippen molar-refractivity contribution in [2.45, 2.75) is 51.2 Å². The van der Waals surface area contributed by atoms with Crippen molar-refractivity contribution in [1.82, 2.24) is 0 Å². The predicted octanol–water partition coefficient (Wildman–Crippen LogP) is 0.939. The van der Waals surface area contributed by atoms with E-state index in [9.17, 15) is 18.0 Å². The summed E-state index contributed by atoms with van der Waals surface area (Å²) in [4.78, 5) is 22.8. The van der Waals surface area contributed by atoms with Gasteiger partial charge in [-0.3, -0.25) is 14.1 Å². The van der Waals surface area contributed by atoms with E-state index in [1.54, 1.807) is 0 Å². The van der Waals surface area contributed by atoms with E-state index in [1.807, 2.05) is 6.92 Å². The van der Waals surface area contributed by atoms with Crippen LogP contribution in [0.3, 0.4) is 0 Å². The first-order valence-corrected chi connectivity index (χ1v) is 8.11. The van der Waals surface area contributed by atoms with Crippen molar-refractivity contribution < 1.29 is 32.0 Å². The first-order chi connectivity index (χ1) is 9.32. The monoisotopic (exact) mass is 333 g/mol. The third-order valence-corrected chi connectivity index (χ3v) is 3.60. The molecule has 0 spiro atoms. The van der Waals surface area contributed by atoms with Crippen LogP contribution in [0, 0.1) is 0 Å². The maximum absolute atomic E-state index is 11.4. The van der Waals surface area contributed by atoms with Crippen LogP contribution in [-0.4, -0.2) is 72.9 Å². The Morgan fingerprint density at radius 2 is 1.71 bits per heavy atom. The summed E-state index contributed by atoms with van der Waals surface area (Å²) >= 11 is 0. The Morgan fingerprint density at radius 3 is 2.19 bits per heavy atom. The minimum Gasteiger partial charge on any atom is -0.466 e. The van der Waals surface area contributed by atoms with Crippen LogP contribution in [0.15, 0.2) is 0 Å². The number of esters is 2. The summed E-state index contributed by atoms with van der Waals surface area (Å²) in [6.07, 6.45) is 2.90. The smallest absolute Gasteiger partial charge is 0.327 e. The first kappa shape index (κ1) is 23.1. The molecule has 0 saturated carbocycles. The van der Waals surface area contributed by atoms with Crippen molar-refractivity contribution in [3.8, 4) is 0 Å². The summed E-state index contributed by atoms with van der Waals surface area (Å²) in [5.41, 5.74) is 0. The quantitative estimate of drug-likeness (QED) is 0.274. The average molecular weight is 333 g/mol. The van der Waals surface area contributed by atoms with Gasteiger partial charge < -0.3 is 9.47 Å². The SMILES string of the molecule is CCCCCCOC(=O)CC(C(=O)OCC)S(=O)(=O)O.[Na]. The fourth-order valence-electron chi connectivity index (χ4n) is 1.47. The fraction of sp³-hybridized carbons (Fsp3) is 0.833. The Balaban J connectivity index is 0. The Bertz CT molecular complexity index is 408. The number of carbonyl (C=O) groups excluding carboxylic acids is 2. The third-order valence-electron chi connectivity index (χ3n) is 2.52. The topological polar surface area (TPSA) is 107 Å². The molecule has 9 heteroatoms. The van der Waals surface area contributed by atoms with E-state index in [-0.39, 0.29) is 42.8 Å². The Labute approximate surface area is 147 Å². The second-order valence-electron chi connectivity index (χ2n) is 4.24. The Kier molecular flexibility index (Phi) is 13.7. The minimum atomic E-state index is -4.70. The molecule has 0 aromatic rings. The minimum absolute atomic E-state index is 0. The molecule has 0 rings (SSSR count). The predicted molar refractivity (Wildman–Crippen MR) is 77.4 cm³/mol. The molecule has 0 aliphatic heterocycles. The molecule has 1 N–H and O–H groups in total. The Morgan fingerprint density at radius 1 is 1.10 bits per heavy atom. The van der Waals surface area contributed by atoms with Gasteiger partial charge in [0.1, 0.15) is 0 Å². The van der Waals surface area contributed by atoms with Crippen LogP contribution in [0.2, 0.25) is 0 Å². The zero-order chi connectivity index (χ0) is 15.6. The molecule has 0 heterocycles. The molecule has 119 valence electrons. The molecule has 1 unspecified atom stereocenters. The molecule has 0 fully saturated rings. The van der Waals surface area contributed by atoms with Crippen LogP contribution in [0.1, 0.15) is 46.0 Å². The second kappa shape index (κ2) is 12.4. The molecule has 0 aliphatic rings. The molecule has 0 bridgehead atoms. The van der Waals surface area contributed by atoms with Crippen LogP contribution in [0.5, 0.6) is 0 Å². The van der Waals surface area contributed by atoms with Crippen molar-refractivity contribution in [2.75, 3.05) is 13.2 Å². The summed E-state index contributed by atoms with van der Waals surface area (Å²) < 4.78 is 40.3. The summed E-state index contributed by atoms with van der Waals surface area (Å²) in [6, 6.07) is 0. The van der Waals surface area contributed by atoms with Crippen LogP contribution in [-0.2, 0) is 29.2 Å². The average Bonchev–Trinajstić information content (AvgIpc) is 2.34. The first-order valence-electron chi connectivity index (χ1n) is 6.61. The summed E-state index contributed by atoms with van der Waals surface area (Å²) in [5, 5.41) is -1.93. The summed E-state index contributed by atoms with van der Waals surface area (Å²) in [5.74, 6) is -2.00. The van der Waals surface area contributed by atoms with Crippen molar-refractivity contribution in [3.05, 3.63) is 0 Å². The van der Waals surface area contributed by atoms with Gasteiger partial charge in [-0.25, -0.2) is 0 Å². The number of unbranched alkanes of at least 4 members (excludes halogenated alkanes) is 3. The van der Waals surface area contributed by atoms with Gasteiger partial charge in [-0.15, -0.1) is 0 Å². The maximum atomic E-state index is 11.4. The van der Waals surface area contributed by atoms with Gasteiger partial charge in [-0.2, -0.15) is 8.42 Å². The van der Waals surface area contributed by atoms with Gasteiger partial charge >= 0.3 is 11.9 Å². The zero-order valence-electron chi connectivity index (χ0n) is 12.8. The van der Waals surface area contributed by atoms with Gasteiger partial charge in [0, 0.05) is 29.6 Å². The fourth-order valence-corrected chi connectivity index (χ4v) is 2.13. The molecular weight excluding hydrogens is 311 g/mol. The molecule has 0 saturated heterocycles. The van der Waals surface area contributed by atoms with E-state index in [0.29, 0.717) is 6.42 Å². The van der Waals surface area contributed by atoms with Gasteiger partial charge in [-0.1, -0.05) is 26.2 Å². The largest absolute Gasteiger partial charge is 0.466 e. The van der Waals surface area contributed by atoms with Crippen LogP contribution in [0.4, 0.5) is 0 Å². The van der Waals surface area contributed by atoms with Crippen LogP contribution >= 0.6 is 0 Å². The van der Waals surface area contributed by atoms with Crippen molar-refractivity contribution in [2.24, 2.45) is 0 Å². The van der Waals surface area contributed by atoms with E-state index in [1.165, 1.54) is 6.92 Å². The molecular formula is C12H22NaO7S. The van der Waals surface area contributed by atoms with E-state index in [0.717, 1.165) is 19.3 Å². The molecule has 1 atom stereocenters. The molecule has 0 amide bonds. The van der Waals surface area contributed by atoms with Gasteiger partial charge in [-0.05, 0) is 13.3 Å². The van der Waals surface area contributed by atoms with Gasteiger partial charge in [0.05, 0.1) is 19.6 Å². The summed E-state index contributed by atoms with van der Waals surface area (Å²) in [7, 11) is -4.70. The van der Waals surface area contributed by atoms with Crippen LogP contribution < -0.4 is 0 Å². The van der Waals surface area contributed by atoms with E-state index >= 15 is 0 Å². The van der Waals surface area contributed by atoms with E-state index in [4.69, 9.17) is 9.29 Å². The standard InChI is InChI=1S/C12H22O7S.Na/c1-3-5-6-7-8-19-11(13)9-10(20(15,16)17)12(14)18-4-2;/h10H,3-9H2,1-2H3,(H,15,16,17);. The third kappa shape index (κ3) is 11.1. The molecule has 0 aromatic carbocycles. The molecule has 0 aliphatic carbocycles. The number of rotatable bonds is 10. The van der Waals surface area contributed by atoms with E-state index < -0.39 is 33.7 Å². The maximum Gasteiger partial charge on any atom is 0.327 e.